The molecule has 0 aliphatic rings. The number of hydrogen-bond donors (Lipinski definition) is 1. The molecular weight excluding hydrogens is 271 g/mol. The topological polar surface area (TPSA) is 26.0 Å². The second-order valence-electron chi connectivity index (χ2n) is 3.34. The molecule has 0 saturated heterocycles. The van der Waals surface area contributed by atoms with Crippen molar-refractivity contribution in [2.24, 2.45) is 5.73 Å². The Balaban J connectivity index is 3.08. The summed E-state index contributed by atoms with van der Waals surface area (Å²) in [6.07, 6.45) is -4.29. The third kappa shape index (κ3) is 2.95. The molecule has 1 nitrogen and oxygen atoms in total. The molecule has 0 heterocycles. The summed E-state index contributed by atoms with van der Waals surface area (Å²) in [5, 5.41) is 0. The van der Waals surface area contributed by atoms with E-state index in [9.17, 15) is 13.2 Å². The Hall–Kier alpha value is -0.550. The minimum absolute atomic E-state index is 0.197. The van der Waals surface area contributed by atoms with Crippen LogP contribution in [0.2, 0.25) is 0 Å². The Morgan fingerprint density at radius 1 is 1.40 bits per heavy atom. The largest absolute Gasteiger partial charge is 0.396 e. The van der Waals surface area contributed by atoms with Crippen LogP contribution in [0.4, 0.5) is 13.2 Å². The summed E-state index contributed by atoms with van der Waals surface area (Å²) >= 11 is 3.20. The molecular formula is C10H11BrF3N. The number of benzene rings is 1. The minimum atomic E-state index is -4.29. The molecule has 0 amide bonds. The normalized spacial score (nSPS) is 14.0. The third-order valence-corrected chi connectivity index (χ3v) is 3.08. The first kappa shape index (κ1) is 12.5. The molecule has 0 aromatic heterocycles. The molecule has 0 radical (unpaired) electrons. The summed E-state index contributed by atoms with van der Waals surface area (Å²) < 4.78 is 38.3. The van der Waals surface area contributed by atoms with E-state index in [0.717, 1.165) is 5.56 Å². The molecule has 1 rings (SSSR count). The lowest BCUT2D eigenvalue weighted by molar-refractivity contribution is -0.148. The summed E-state index contributed by atoms with van der Waals surface area (Å²) in [6.45, 7) is 1.39. The summed E-state index contributed by atoms with van der Waals surface area (Å²) in [5.41, 5.74) is 6.24. The van der Waals surface area contributed by atoms with Gasteiger partial charge in [-0.25, -0.2) is 0 Å². The first-order valence-corrected chi connectivity index (χ1v) is 5.18. The maximum Gasteiger partial charge on any atom is 0.396 e. The van der Waals surface area contributed by atoms with E-state index in [1.54, 1.807) is 6.07 Å². The van der Waals surface area contributed by atoms with E-state index < -0.39 is 18.6 Å². The minimum Gasteiger partial charge on any atom is -0.330 e. The van der Waals surface area contributed by atoms with E-state index in [4.69, 9.17) is 5.73 Å². The predicted octanol–water partition coefficient (Wildman–Crippen LogP) is 3.36. The van der Waals surface area contributed by atoms with Gasteiger partial charge < -0.3 is 5.73 Å². The van der Waals surface area contributed by atoms with E-state index in [0.29, 0.717) is 4.47 Å². The lowest BCUT2D eigenvalue weighted by Gasteiger charge is -2.19. The van der Waals surface area contributed by atoms with Gasteiger partial charge in [0.15, 0.2) is 0 Å². The zero-order chi connectivity index (χ0) is 11.6. The van der Waals surface area contributed by atoms with Crippen LogP contribution in [-0.4, -0.2) is 12.7 Å². The number of rotatable bonds is 2. The second-order valence-corrected chi connectivity index (χ2v) is 4.19. The first-order chi connectivity index (χ1) is 6.86. The highest BCUT2D eigenvalue weighted by atomic mass is 79.9. The van der Waals surface area contributed by atoms with Crippen LogP contribution >= 0.6 is 15.9 Å². The predicted molar refractivity (Wildman–Crippen MR) is 56.7 cm³/mol. The van der Waals surface area contributed by atoms with Crippen molar-refractivity contribution in [1.82, 2.24) is 0 Å². The van der Waals surface area contributed by atoms with Gasteiger partial charge in [0.05, 0.1) is 5.92 Å². The van der Waals surface area contributed by atoms with Crippen LogP contribution < -0.4 is 5.73 Å². The SMILES string of the molecule is Cc1ccc(C(CN)C(F)(F)F)cc1Br. The maximum atomic E-state index is 12.5. The average Bonchev–Trinajstić information content (AvgIpc) is 2.10. The molecule has 0 fully saturated rings. The number of hydrogen-bond acceptors (Lipinski definition) is 1. The van der Waals surface area contributed by atoms with Crippen LogP contribution in [0.15, 0.2) is 22.7 Å². The van der Waals surface area contributed by atoms with Crippen LogP contribution in [0.1, 0.15) is 17.0 Å². The Bertz CT molecular complexity index is 349. The molecule has 1 atom stereocenters. The van der Waals surface area contributed by atoms with E-state index in [1.165, 1.54) is 12.1 Å². The van der Waals surface area contributed by atoms with E-state index in [-0.39, 0.29) is 5.56 Å². The zero-order valence-corrected chi connectivity index (χ0v) is 9.69. The molecule has 5 heteroatoms. The fourth-order valence-electron chi connectivity index (χ4n) is 1.28. The van der Waals surface area contributed by atoms with Gasteiger partial charge in [-0.05, 0) is 24.1 Å². The molecule has 0 aliphatic carbocycles. The highest BCUT2D eigenvalue weighted by molar-refractivity contribution is 9.10. The fourth-order valence-corrected chi connectivity index (χ4v) is 1.68. The molecule has 0 spiro atoms. The summed E-state index contributed by atoms with van der Waals surface area (Å²) in [5.74, 6) is -1.59. The lowest BCUT2D eigenvalue weighted by Crippen LogP contribution is -2.28. The zero-order valence-electron chi connectivity index (χ0n) is 8.11. The van der Waals surface area contributed by atoms with Crippen molar-refractivity contribution in [2.45, 2.75) is 19.0 Å². The fraction of sp³-hybridized carbons (Fsp3) is 0.400. The number of nitrogens with two attached hydrogens (primary N) is 1. The molecule has 15 heavy (non-hydrogen) atoms. The molecule has 84 valence electrons. The van der Waals surface area contributed by atoms with Crippen molar-refractivity contribution in [3.8, 4) is 0 Å². The number of halogens is 4. The van der Waals surface area contributed by atoms with Gasteiger partial charge in [-0.1, -0.05) is 28.1 Å². The van der Waals surface area contributed by atoms with Crippen molar-refractivity contribution < 1.29 is 13.2 Å². The van der Waals surface area contributed by atoms with Crippen molar-refractivity contribution in [3.05, 3.63) is 33.8 Å². The van der Waals surface area contributed by atoms with E-state index >= 15 is 0 Å². The summed E-state index contributed by atoms with van der Waals surface area (Å²) in [7, 11) is 0. The van der Waals surface area contributed by atoms with Gasteiger partial charge in [0.25, 0.3) is 0 Å². The Morgan fingerprint density at radius 3 is 2.40 bits per heavy atom. The van der Waals surface area contributed by atoms with Gasteiger partial charge in [0.2, 0.25) is 0 Å². The molecule has 1 aromatic rings. The van der Waals surface area contributed by atoms with Gasteiger partial charge in [-0.15, -0.1) is 0 Å². The van der Waals surface area contributed by atoms with Gasteiger partial charge in [-0.3, -0.25) is 0 Å². The number of aryl methyl sites for hydroxylation is 1. The van der Waals surface area contributed by atoms with Crippen molar-refractivity contribution >= 4 is 15.9 Å². The van der Waals surface area contributed by atoms with Crippen LogP contribution in [0.3, 0.4) is 0 Å². The molecule has 2 N–H and O–H groups in total. The van der Waals surface area contributed by atoms with Crippen molar-refractivity contribution in [1.29, 1.82) is 0 Å². The Kier molecular flexibility index (Phi) is 3.78. The van der Waals surface area contributed by atoms with Gasteiger partial charge in [-0.2, -0.15) is 13.2 Å². The van der Waals surface area contributed by atoms with Crippen LogP contribution in [0.5, 0.6) is 0 Å². The molecule has 1 aromatic carbocycles. The van der Waals surface area contributed by atoms with Crippen molar-refractivity contribution in [2.75, 3.05) is 6.54 Å². The molecule has 0 saturated carbocycles. The van der Waals surface area contributed by atoms with Gasteiger partial charge in [0.1, 0.15) is 0 Å². The highest BCUT2D eigenvalue weighted by Gasteiger charge is 2.39. The van der Waals surface area contributed by atoms with Crippen LogP contribution in [0.25, 0.3) is 0 Å². The molecule has 0 aliphatic heterocycles. The molecule has 1 unspecified atom stereocenters. The van der Waals surface area contributed by atoms with Gasteiger partial charge in [0, 0.05) is 11.0 Å². The van der Waals surface area contributed by atoms with Crippen LogP contribution in [0, 0.1) is 6.92 Å². The van der Waals surface area contributed by atoms with Crippen LogP contribution in [-0.2, 0) is 0 Å². The Morgan fingerprint density at radius 2 is 2.00 bits per heavy atom. The second kappa shape index (κ2) is 4.53. The smallest absolute Gasteiger partial charge is 0.330 e. The highest BCUT2D eigenvalue weighted by Crippen LogP contribution is 2.35. The maximum absolute atomic E-state index is 12.5. The number of alkyl halides is 3. The lowest BCUT2D eigenvalue weighted by atomic mass is 9.98. The van der Waals surface area contributed by atoms with E-state index in [2.05, 4.69) is 15.9 Å². The standard InChI is InChI=1S/C10H11BrF3N/c1-6-2-3-7(4-9(6)11)8(5-15)10(12,13)14/h2-4,8H,5,15H2,1H3. The van der Waals surface area contributed by atoms with Gasteiger partial charge >= 0.3 is 6.18 Å². The first-order valence-electron chi connectivity index (χ1n) is 4.39. The van der Waals surface area contributed by atoms with Crippen molar-refractivity contribution in [3.63, 3.8) is 0 Å². The third-order valence-electron chi connectivity index (χ3n) is 2.23. The Labute approximate surface area is 94.6 Å². The summed E-state index contributed by atoms with van der Waals surface area (Å²) in [6, 6.07) is 4.58. The monoisotopic (exact) mass is 281 g/mol. The summed E-state index contributed by atoms with van der Waals surface area (Å²) in [4.78, 5) is 0. The average molecular weight is 282 g/mol. The van der Waals surface area contributed by atoms with E-state index in [1.807, 2.05) is 6.92 Å². The quantitative estimate of drug-likeness (QED) is 0.884. The molecule has 0 bridgehead atoms.